The van der Waals surface area contributed by atoms with Gasteiger partial charge >= 0.3 is 12.3 Å². The minimum Gasteiger partial charge on any atom is -0.462 e. The third-order valence-corrected chi connectivity index (χ3v) is 4.39. The number of rotatable bonds is 4. The van der Waals surface area contributed by atoms with Gasteiger partial charge in [0.05, 0.1) is 17.7 Å². The van der Waals surface area contributed by atoms with E-state index in [1.165, 1.54) is 24.3 Å². The summed E-state index contributed by atoms with van der Waals surface area (Å²) in [6.45, 7) is 2.00. The van der Waals surface area contributed by atoms with Crippen molar-refractivity contribution >= 4 is 27.9 Å². The zero-order valence-corrected chi connectivity index (χ0v) is 15.5. The van der Waals surface area contributed by atoms with Gasteiger partial charge < -0.3 is 9.47 Å². The Morgan fingerprint density at radius 3 is 2.48 bits per heavy atom. The molecule has 0 N–H and O–H groups in total. The lowest BCUT2D eigenvalue weighted by Gasteiger charge is -2.11. The smallest absolute Gasteiger partial charge is 0.462 e. The molecule has 4 rings (SSSR count). The van der Waals surface area contributed by atoms with Gasteiger partial charge in [-0.25, -0.2) is 4.79 Å². The van der Waals surface area contributed by atoms with E-state index in [9.17, 15) is 18.0 Å². The first-order valence-electron chi connectivity index (χ1n) is 8.78. The minimum atomic E-state index is -4.75. The highest BCUT2D eigenvalue weighted by Gasteiger charge is 2.31. The fourth-order valence-corrected chi connectivity index (χ4v) is 3.29. The molecule has 0 saturated heterocycles. The van der Waals surface area contributed by atoms with Crippen LogP contribution in [0.2, 0.25) is 0 Å². The molecule has 0 amide bonds. The second kappa shape index (κ2) is 6.84. The Balaban J connectivity index is 1.86. The van der Waals surface area contributed by atoms with Crippen LogP contribution in [0.25, 0.3) is 27.6 Å². The van der Waals surface area contributed by atoms with E-state index in [1.807, 2.05) is 10.8 Å². The summed E-state index contributed by atoms with van der Waals surface area (Å²) >= 11 is 0. The minimum absolute atomic E-state index is 0.270. The van der Waals surface area contributed by atoms with E-state index in [1.54, 1.807) is 36.9 Å². The molecule has 0 radical (unpaired) electrons. The molecule has 0 aliphatic heterocycles. The number of nitrogens with zero attached hydrogens (tertiary/aromatic N) is 3. The van der Waals surface area contributed by atoms with E-state index in [2.05, 4.69) is 9.84 Å². The molecule has 2 aromatic heterocycles. The highest BCUT2D eigenvalue weighted by Crippen LogP contribution is 2.33. The van der Waals surface area contributed by atoms with E-state index in [4.69, 9.17) is 4.74 Å². The fraction of sp³-hybridized carbons (Fsp3) is 0.200. The maximum Gasteiger partial charge on any atom is 0.573 e. The molecule has 4 aromatic rings. The summed E-state index contributed by atoms with van der Waals surface area (Å²) < 4.78 is 49.7. The number of carbonyl (C=O) groups excluding carboxylic acids is 1. The Hall–Kier alpha value is -3.49. The van der Waals surface area contributed by atoms with Crippen LogP contribution in [0.15, 0.2) is 48.7 Å². The molecule has 0 bridgehead atoms. The summed E-state index contributed by atoms with van der Waals surface area (Å²) in [5.74, 6) is -0.729. The van der Waals surface area contributed by atoms with Crippen LogP contribution < -0.4 is 4.74 Å². The number of carbonyl (C=O) groups is 1. The Kier molecular flexibility index (Phi) is 4.45. The number of hydrogen-bond donors (Lipinski definition) is 0. The number of hydrogen-bond acceptors (Lipinski definition) is 4. The predicted octanol–water partition coefficient (Wildman–Crippen LogP) is 4.59. The summed E-state index contributed by atoms with van der Waals surface area (Å²) in [6, 6.07) is 10.7. The van der Waals surface area contributed by atoms with Crippen molar-refractivity contribution in [3.63, 3.8) is 0 Å². The van der Waals surface area contributed by atoms with Crippen LogP contribution in [0.5, 0.6) is 5.75 Å². The predicted molar refractivity (Wildman–Crippen MR) is 100 cm³/mol. The van der Waals surface area contributed by atoms with Crippen LogP contribution in [0.3, 0.4) is 0 Å². The molecular formula is C20H16F3N3O3. The van der Waals surface area contributed by atoms with Gasteiger partial charge in [-0.3, -0.25) is 9.25 Å². The third-order valence-electron chi connectivity index (χ3n) is 4.39. The van der Waals surface area contributed by atoms with Crippen molar-refractivity contribution in [2.24, 2.45) is 7.05 Å². The van der Waals surface area contributed by atoms with Crippen molar-refractivity contribution in [2.75, 3.05) is 6.61 Å². The second-order valence-corrected chi connectivity index (χ2v) is 6.37. The molecule has 0 saturated carbocycles. The van der Waals surface area contributed by atoms with Crippen LogP contribution in [0.1, 0.15) is 17.3 Å². The maximum absolute atomic E-state index is 12.4. The Morgan fingerprint density at radius 2 is 1.83 bits per heavy atom. The van der Waals surface area contributed by atoms with Crippen molar-refractivity contribution in [1.82, 2.24) is 14.3 Å². The van der Waals surface area contributed by atoms with Crippen molar-refractivity contribution in [1.29, 1.82) is 0 Å². The fourth-order valence-electron chi connectivity index (χ4n) is 3.29. The van der Waals surface area contributed by atoms with E-state index in [0.29, 0.717) is 16.9 Å². The molecule has 0 fully saturated rings. The lowest BCUT2D eigenvalue weighted by Crippen LogP contribution is -2.17. The molecule has 0 aliphatic rings. The van der Waals surface area contributed by atoms with Gasteiger partial charge in [0.25, 0.3) is 0 Å². The third kappa shape index (κ3) is 3.51. The number of aromatic nitrogens is 3. The van der Waals surface area contributed by atoms with E-state index >= 15 is 0 Å². The molecule has 9 heteroatoms. The van der Waals surface area contributed by atoms with Gasteiger partial charge in [-0.2, -0.15) is 5.10 Å². The first-order valence-corrected chi connectivity index (χ1v) is 8.78. The van der Waals surface area contributed by atoms with Crippen molar-refractivity contribution < 1.29 is 27.4 Å². The van der Waals surface area contributed by atoms with Gasteiger partial charge in [0.1, 0.15) is 5.75 Å². The van der Waals surface area contributed by atoms with Crippen LogP contribution in [0.4, 0.5) is 13.2 Å². The lowest BCUT2D eigenvalue weighted by atomic mass is 10.1. The zero-order chi connectivity index (χ0) is 20.8. The molecule has 150 valence electrons. The quantitative estimate of drug-likeness (QED) is 0.468. The zero-order valence-electron chi connectivity index (χ0n) is 15.5. The Bertz CT molecular complexity index is 1210. The molecule has 0 unspecified atom stereocenters. The van der Waals surface area contributed by atoms with Crippen molar-refractivity contribution in [3.05, 3.63) is 54.2 Å². The van der Waals surface area contributed by atoms with Gasteiger partial charge in [0.15, 0.2) is 5.65 Å². The van der Waals surface area contributed by atoms with E-state index in [-0.39, 0.29) is 12.4 Å². The molecule has 0 spiro atoms. The second-order valence-electron chi connectivity index (χ2n) is 6.37. The average molecular weight is 403 g/mol. The highest BCUT2D eigenvalue weighted by atomic mass is 19.4. The van der Waals surface area contributed by atoms with Crippen LogP contribution in [0, 0.1) is 0 Å². The van der Waals surface area contributed by atoms with Crippen LogP contribution in [-0.2, 0) is 11.8 Å². The Labute approximate surface area is 163 Å². The highest BCUT2D eigenvalue weighted by molar-refractivity contribution is 6.10. The van der Waals surface area contributed by atoms with Gasteiger partial charge in [0.2, 0.25) is 0 Å². The lowest BCUT2D eigenvalue weighted by molar-refractivity contribution is -0.274. The van der Waals surface area contributed by atoms with Gasteiger partial charge in [-0.1, -0.05) is 0 Å². The number of aryl methyl sites for hydroxylation is 1. The molecular weight excluding hydrogens is 387 g/mol. The average Bonchev–Trinajstić information content (AvgIpc) is 3.16. The number of esters is 1. The van der Waals surface area contributed by atoms with Crippen LogP contribution >= 0.6 is 0 Å². The summed E-state index contributed by atoms with van der Waals surface area (Å²) in [5.41, 5.74) is 2.41. The first kappa shape index (κ1) is 18.9. The SMILES string of the molecule is CCOC(=O)c1ccc2c(c1)c1cn(C)nc1n2-c1ccc(OC(F)(F)F)cc1. The number of alkyl halides is 3. The monoisotopic (exact) mass is 403 g/mol. The van der Waals surface area contributed by atoms with Gasteiger partial charge in [-0.15, -0.1) is 13.2 Å². The number of fused-ring (bicyclic) bond motifs is 3. The molecule has 29 heavy (non-hydrogen) atoms. The molecule has 0 aliphatic carbocycles. The van der Waals surface area contributed by atoms with E-state index < -0.39 is 12.3 Å². The molecule has 2 aromatic carbocycles. The largest absolute Gasteiger partial charge is 0.573 e. The standard InChI is InChI=1S/C20H16F3N3O3/c1-3-28-19(27)12-4-9-17-15(10-12)16-11-25(2)24-18(16)26(17)13-5-7-14(8-6-13)29-20(21,22)23/h4-11H,3H2,1-2H3. The summed E-state index contributed by atoms with van der Waals surface area (Å²) in [6.07, 6.45) is -2.93. The summed E-state index contributed by atoms with van der Waals surface area (Å²) in [4.78, 5) is 12.1. The van der Waals surface area contributed by atoms with Gasteiger partial charge in [0, 0.05) is 29.7 Å². The van der Waals surface area contributed by atoms with Gasteiger partial charge in [-0.05, 0) is 49.4 Å². The van der Waals surface area contributed by atoms with Crippen LogP contribution in [-0.4, -0.2) is 33.3 Å². The molecule has 6 nitrogen and oxygen atoms in total. The number of halogens is 3. The van der Waals surface area contributed by atoms with Crippen molar-refractivity contribution in [2.45, 2.75) is 13.3 Å². The van der Waals surface area contributed by atoms with E-state index in [0.717, 1.165) is 16.3 Å². The molecule has 2 heterocycles. The number of ether oxygens (including phenoxy) is 2. The topological polar surface area (TPSA) is 58.3 Å². The molecule has 0 atom stereocenters. The summed E-state index contributed by atoms with van der Waals surface area (Å²) in [7, 11) is 1.77. The van der Waals surface area contributed by atoms with Crippen molar-refractivity contribution in [3.8, 4) is 11.4 Å². The maximum atomic E-state index is 12.4. The first-order chi connectivity index (χ1) is 13.8. The summed E-state index contributed by atoms with van der Waals surface area (Å²) in [5, 5.41) is 6.07. The Morgan fingerprint density at radius 1 is 1.10 bits per heavy atom. The normalized spacial score (nSPS) is 11.9. The number of benzene rings is 2.